The minimum absolute atomic E-state index is 0.0350. The van der Waals surface area contributed by atoms with E-state index in [0.717, 1.165) is 13.0 Å². The first-order chi connectivity index (χ1) is 5.77. The van der Waals surface area contributed by atoms with Gasteiger partial charge in [0.05, 0.1) is 6.17 Å². The molecule has 0 amide bonds. The average molecular weight is 175 g/mol. The van der Waals surface area contributed by atoms with Gasteiger partial charge in [0.1, 0.15) is 6.10 Å². The van der Waals surface area contributed by atoms with Gasteiger partial charge < -0.3 is 26.2 Å². The molecule has 5 N–H and O–H groups in total. The van der Waals surface area contributed by atoms with Crippen LogP contribution in [0.3, 0.4) is 0 Å². The smallest absolute Gasteiger partial charge is 0.181 e. The molecule has 0 saturated carbocycles. The lowest BCUT2D eigenvalue weighted by Crippen LogP contribution is -2.46. The van der Waals surface area contributed by atoms with Crippen LogP contribution in [0.2, 0.25) is 0 Å². The third-order valence-corrected chi connectivity index (χ3v) is 1.96. The van der Waals surface area contributed by atoms with Crippen molar-refractivity contribution in [3.05, 3.63) is 0 Å². The van der Waals surface area contributed by atoms with E-state index in [1.165, 1.54) is 0 Å². The fourth-order valence-electron chi connectivity index (χ4n) is 1.05. The molecule has 1 aliphatic heterocycles. The lowest BCUT2D eigenvalue weighted by atomic mass is 10.3. The van der Waals surface area contributed by atoms with Gasteiger partial charge in [0.25, 0.3) is 0 Å². The van der Waals surface area contributed by atoms with Crippen LogP contribution in [0.5, 0.6) is 0 Å². The van der Waals surface area contributed by atoms with E-state index in [1.807, 2.05) is 7.05 Å². The zero-order valence-corrected chi connectivity index (χ0v) is 7.29. The van der Waals surface area contributed by atoms with Crippen molar-refractivity contribution >= 4 is 0 Å². The number of nitrogens with two attached hydrogens (primary N) is 1. The summed E-state index contributed by atoms with van der Waals surface area (Å²) in [6.07, 6.45) is 0.491. The van der Waals surface area contributed by atoms with E-state index in [4.69, 9.17) is 15.6 Å². The molecule has 0 bridgehead atoms. The second-order valence-electron chi connectivity index (χ2n) is 2.88. The lowest BCUT2D eigenvalue weighted by molar-refractivity contribution is 0.156. The van der Waals surface area contributed by atoms with Crippen molar-refractivity contribution in [3.63, 3.8) is 0 Å². The number of aliphatic hydroxyl groups excluding tert-OH is 1. The van der Waals surface area contributed by atoms with Crippen LogP contribution in [0.15, 0.2) is 0 Å². The summed E-state index contributed by atoms with van der Waals surface area (Å²) in [7, 11) is 1.85. The Hall–Kier alpha value is -0.200. The van der Waals surface area contributed by atoms with Crippen molar-refractivity contribution in [1.82, 2.24) is 10.6 Å². The maximum absolute atomic E-state index is 8.82. The van der Waals surface area contributed by atoms with Crippen LogP contribution in [-0.2, 0) is 4.74 Å². The number of epoxide rings is 1. The molecule has 1 rings (SSSR count). The van der Waals surface area contributed by atoms with Crippen molar-refractivity contribution in [2.24, 2.45) is 5.73 Å². The normalized spacial score (nSPS) is 30.2. The predicted octanol–water partition coefficient (Wildman–Crippen LogP) is -1.81. The van der Waals surface area contributed by atoms with Crippen LogP contribution >= 0.6 is 0 Å². The molecule has 1 aliphatic rings. The maximum Gasteiger partial charge on any atom is 0.181 e. The number of rotatable bonds is 6. The third-order valence-electron chi connectivity index (χ3n) is 1.96. The Bertz CT molecular complexity index is 130. The minimum atomic E-state index is -0.530. The molecule has 5 nitrogen and oxygen atoms in total. The van der Waals surface area contributed by atoms with Crippen molar-refractivity contribution in [3.8, 4) is 0 Å². The van der Waals surface area contributed by atoms with E-state index in [-0.39, 0.29) is 12.3 Å². The summed E-state index contributed by atoms with van der Waals surface area (Å²) in [5.74, 6) is 0. The van der Waals surface area contributed by atoms with Crippen molar-refractivity contribution in [2.45, 2.75) is 25.0 Å². The largest absolute Gasteiger partial charge is 0.366 e. The molecule has 3 unspecified atom stereocenters. The summed E-state index contributed by atoms with van der Waals surface area (Å²) in [5.41, 5.74) is 5.44. The quantitative estimate of drug-likeness (QED) is 0.282. The van der Waals surface area contributed by atoms with E-state index in [0.29, 0.717) is 6.54 Å². The molecule has 1 heterocycles. The summed E-state index contributed by atoms with van der Waals surface area (Å²) in [6, 6.07) is 0. The third kappa shape index (κ3) is 3.04. The Balaban J connectivity index is 1.93. The molecule has 1 saturated heterocycles. The van der Waals surface area contributed by atoms with Crippen molar-refractivity contribution in [2.75, 3.05) is 20.1 Å². The first-order valence-electron chi connectivity index (χ1n) is 4.22. The van der Waals surface area contributed by atoms with Crippen LogP contribution in [0.4, 0.5) is 0 Å². The molecule has 1 fully saturated rings. The van der Waals surface area contributed by atoms with Gasteiger partial charge in [-0.05, 0) is 20.0 Å². The molecule has 0 aliphatic carbocycles. The topological polar surface area (TPSA) is 82.8 Å². The SMILES string of the molecule is CNC(CN)NCCC1OC1O. The van der Waals surface area contributed by atoms with Crippen molar-refractivity contribution < 1.29 is 9.84 Å². The highest BCUT2D eigenvalue weighted by atomic mass is 16.7. The minimum Gasteiger partial charge on any atom is -0.366 e. The van der Waals surface area contributed by atoms with Gasteiger partial charge in [0.2, 0.25) is 0 Å². The Morgan fingerprint density at radius 1 is 1.67 bits per heavy atom. The number of nitrogens with one attached hydrogen (secondary N) is 2. The summed E-state index contributed by atoms with van der Waals surface area (Å²) >= 11 is 0. The molecule has 5 heteroatoms. The summed E-state index contributed by atoms with van der Waals surface area (Å²) in [5, 5.41) is 15.0. The van der Waals surface area contributed by atoms with E-state index in [9.17, 15) is 0 Å². The molecule has 0 aromatic carbocycles. The number of ether oxygens (including phenoxy) is 1. The highest BCUT2D eigenvalue weighted by molar-refractivity contribution is 4.76. The molecule has 12 heavy (non-hydrogen) atoms. The second-order valence-corrected chi connectivity index (χ2v) is 2.88. The van der Waals surface area contributed by atoms with Gasteiger partial charge in [-0.1, -0.05) is 0 Å². The summed E-state index contributed by atoms with van der Waals surface area (Å²) in [6.45, 7) is 1.37. The summed E-state index contributed by atoms with van der Waals surface area (Å²) in [4.78, 5) is 0. The fraction of sp³-hybridized carbons (Fsp3) is 1.00. The second kappa shape index (κ2) is 4.74. The number of aliphatic hydroxyl groups is 1. The lowest BCUT2D eigenvalue weighted by Gasteiger charge is -2.14. The number of hydrogen-bond donors (Lipinski definition) is 4. The first-order valence-corrected chi connectivity index (χ1v) is 4.22. The van der Waals surface area contributed by atoms with Gasteiger partial charge in [-0.15, -0.1) is 0 Å². The molecule has 0 aromatic rings. The highest BCUT2D eigenvalue weighted by Gasteiger charge is 2.35. The highest BCUT2D eigenvalue weighted by Crippen LogP contribution is 2.21. The summed E-state index contributed by atoms with van der Waals surface area (Å²) < 4.78 is 4.83. The molecular formula is C7H17N3O2. The zero-order chi connectivity index (χ0) is 8.97. The first kappa shape index (κ1) is 9.88. The van der Waals surface area contributed by atoms with Crippen LogP contribution in [0.1, 0.15) is 6.42 Å². The van der Waals surface area contributed by atoms with Crippen LogP contribution < -0.4 is 16.4 Å². The van der Waals surface area contributed by atoms with Gasteiger partial charge in [0, 0.05) is 6.54 Å². The van der Waals surface area contributed by atoms with E-state index in [2.05, 4.69) is 10.6 Å². The number of hydrogen-bond acceptors (Lipinski definition) is 5. The van der Waals surface area contributed by atoms with E-state index in [1.54, 1.807) is 0 Å². The molecule has 0 radical (unpaired) electrons. The Morgan fingerprint density at radius 3 is 2.75 bits per heavy atom. The monoisotopic (exact) mass is 175 g/mol. The standard InChI is InChI=1S/C7H17N3O2/c1-9-6(4-8)10-3-2-5-7(11)12-5/h5-7,9-11H,2-4,8H2,1H3. The Labute approximate surface area is 72.3 Å². The van der Waals surface area contributed by atoms with Crippen molar-refractivity contribution in [1.29, 1.82) is 0 Å². The van der Waals surface area contributed by atoms with Gasteiger partial charge in [-0.2, -0.15) is 0 Å². The van der Waals surface area contributed by atoms with E-state index >= 15 is 0 Å². The Morgan fingerprint density at radius 2 is 2.33 bits per heavy atom. The fourth-order valence-corrected chi connectivity index (χ4v) is 1.05. The maximum atomic E-state index is 8.82. The van der Waals surface area contributed by atoms with Gasteiger partial charge in [0.15, 0.2) is 6.29 Å². The van der Waals surface area contributed by atoms with Gasteiger partial charge in [-0.3, -0.25) is 0 Å². The molecule has 3 atom stereocenters. The molecule has 72 valence electrons. The molecular weight excluding hydrogens is 158 g/mol. The predicted molar refractivity (Wildman–Crippen MR) is 45.4 cm³/mol. The average Bonchev–Trinajstić information content (AvgIpc) is 2.76. The van der Waals surface area contributed by atoms with Crippen LogP contribution in [-0.4, -0.2) is 43.8 Å². The molecule has 0 spiro atoms. The van der Waals surface area contributed by atoms with Gasteiger partial charge >= 0.3 is 0 Å². The molecule has 0 aromatic heterocycles. The van der Waals surface area contributed by atoms with Crippen LogP contribution in [0.25, 0.3) is 0 Å². The van der Waals surface area contributed by atoms with Gasteiger partial charge in [-0.25, -0.2) is 0 Å². The Kier molecular flexibility index (Phi) is 3.90. The van der Waals surface area contributed by atoms with E-state index < -0.39 is 6.29 Å². The number of likely N-dealkylation sites (N-methyl/N-ethyl adjacent to an activating group) is 1. The zero-order valence-electron chi connectivity index (χ0n) is 7.29. The van der Waals surface area contributed by atoms with Crippen LogP contribution in [0, 0.1) is 0 Å².